The summed E-state index contributed by atoms with van der Waals surface area (Å²) in [4.78, 5) is 4.78. The number of piperazine rings is 1. The summed E-state index contributed by atoms with van der Waals surface area (Å²) < 4.78 is 5.74. The van der Waals surface area contributed by atoms with Crippen LogP contribution >= 0.6 is 0 Å². The van der Waals surface area contributed by atoms with E-state index in [9.17, 15) is 0 Å². The van der Waals surface area contributed by atoms with Crippen LogP contribution < -0.4 is 4.74 Å². The van der Waals surface area contributed by atoms with Gasteiger partial charge in [-0.25, -0.2) is 0 Å². The maximum Gasteiger partial charge on any atom is 0.119 e. The van der Waals surface area contributed by atoms with E-state index in [1.165, 1.54) is 0 Å². The van der Waals surface area contributed by atoms with Gasteiger partial charge in [0.15, 0.2) is 0 Å². The summed E-state index contributed by atoms with van der Waals surface area (Å²) in [6.45, 7) is 6.09. The highest BCUT2D eigenvalue weighted by Gasteiger charge is 2.12. The Labute approximate surface area is 121 Å². The predicted molar refractivity (Wildman–Crippen MR) is 79.8 cm³/mol. The van der Waals surface area contributed by atoms with Gasteiger partial charge in [-0.15, -0.1) is 0 Å². The summed E-state index contributed by atoms with van der Waals surface area (Å²) in [5, 5.41) is 8.63. The van der Waals surface area contributed by atoms with Gasteiger partial charge in [-0.2, -0.15) is 0 Å². The molecule has 0 atom stereocenters. The van der Waals surface area contributed by atoms with Crippen molar-refractivity contribution < 1.29 is 9.84 Å². The van der Waals surface area contributed by atoms with E-state index in [2.05, 4.69) is 28.7 Å². The molecule has 0 aromatic heterocycles. The van der Waals surface area contributed by atoms with Crippen molar-refractivity contribution in [3.8, 4) is 17.6 Å². The molecule has 4 heteroatoms. The van der Waals surface area contributed by atoms with Crippen LogP contribution in [0.5, 0.6) is 5.75 Å². The number of hydrogen-bond acceptors (Lipinski definition) is 4. The van der Waals surface area contributed by atoms with Gasteiger partial charge in [-0.3, -0.25) is 4.90 Å². The number of ether oxygens (including phenoxy) is 1. The maximum absolute atomic E-state index is 8.63. The van der Waals surface area contributed by atoms with E-state index in [1.807, 2.05) is 24.3 Å². The first-order valence-electron chi connectivity index (χ1n) is 7.01. The number of rotatable bonds is 4. The van der Waals surface area contributed by atoms with Crippen LogP contribution in [0, 0.1) is 11.8 Å². The second-order valence-corrected chi connectivity index (χ2v) is 4.98. The first-order valence-corrected chi connectivity index (χ1v) is 7.01. The molecule has 1 N–H and O–H groups in total. The highest BCUT2D eigenvalue weighted by molar-refractivity contribution is 5.38. The molecular weight excluding hydrogens is 252 g/mol. The van der Waals surface area contributed by atoms with E-state index in [0.717, 1.165) is 44.0 Å². The minimum Gasteiger partial charge on any atom is -0.492 e. The number of hydrogen-bond donors (Lipinski definition) is 1. The zero-order chi connectivity index (χ0) is 14.2. The minimum absolute atomic E-state index is 0.108. The van der Waals surface area contributed by atoms with Crippen LogP contribution in [-0.4, -0.2) is 67.9 Å². The topological polar surface area (TPSA) is 35.9 Å². The van der Waals surface area contributed by atoms with Gasteiger partial charge < -0.3 is 14.7 Å². The zero-order valence-electron chi connectivity index (χ0n) is 12.0. The monoisotopic (exact) mass is 274 g/mol. The van der Waals surface area contributed by atoms with Crippen molar-refractivity contribution in [1.29, 1.82) is 0 Å². The molecule has 1 aliphatic rings. The normalized spacial score (nSPS) is 16.5. The fourth-order valence-electron chi connectivity index (χ4n) is 2.14. The van der Waals surface area contributed by atoms with E-state index in [-0.39, 0.29) is 6.61 Å². The fraction of sp³-hybridized carbons (Fsp3) is 0.500. The average Bonchev–Trinajstić information content (AvgIpc) is 2.48. The van der Waals surface area contributed by atoms with Crippen LogP contribution in [0.3, 0.4) is 0 Å². The Morgan fingerprint density at radius 3 is 2.50 bits per heavy atom. The Balaban J connectivity index is 1.71. The van der Waals surface area contributed by atoms with Crippen molar-refractivity contribution in [2.24, 2.45) is 0 Å². The molecule has 0 radical (unpaired) electrons. The summed E-state index contributed by atoms with van der Waals surface area (Å²) in [5.41, 5.74) is 0.894. The molecule has 2 rings (SSSR count). The Hall–Kier alpha value is -1.54. The summed E-state index contributed by atoms with van der Waals surface area (Å²) in [6.07, 6.45) is 0. The molecule has 0 unspecified atom stereocenters. The molecule has 0 aliphatic carbocycles. The first kappa shape index (κ1) is 14.9. The van der Waals surface area contributed by atoms with E-state index >= 15 is 0 Å². The second kappa shape index (κ2) is 7.91. The zero-order valence-corrected chi connectivity index (χ0v) is 12.0. The first-order chi connectivity index (χ1) is 9.78. The van der Waals surface area contributed by atoms with Crippen LogP contribution in [0.1, 0.15) is 5.56 Å². The fourth-order valence-corrected chi connectivity index (χ4v) is 2.14. The lowest BCUT2D eigenvalue weighted by Gasteiger charge is -2.32. The summed E-state index contributed by atoms with van der Waals surface area (Å²) in [6, 6.07) is 7.67. The van der Waals surface area contributed by atoms with Crippen LogP contribution in [0.4, 0.5) is 0 Å². The molecule has 1 saturated heterocycles. The number of likely N-dealkylation sites (N-methyl/N-ethyl adjacent to an activating group) is 1. The lowest BCUT2D eigenvalue weighted by atomic mass is 10.2. The van der Waals surface area contributed by atoms with E-state index in [0.29, 0.717) is 6.61 Å². The molecular formula is C16H22N2O2. The smallest absolute Gasteiger partial charge is 0.119 e. The van der Waals surface area contributed by atoms with Crippen LogP contribution in [-0.2, 0) is 0 Å². The van der Waals surface area contributed by atoms with Crippen molar-refractivity contribution in [3.05, 3.63) is 29.8 Å². The molecule has 4 nitrogen and oxygen atoms in total. The third-order valence-corrected chi connectivity index (χ3v) is 3.44. The molecule has 0 saturated carbocycles. The number of nitrogens with zero attached hydrogens (tertiary/aromatic N) is 2. The molecule has 1 fully saturated rings. The predicted octanol–water partition coefficient (Wildman–Crippen LogP) is 0.657. The van der Waals surface area contributed by atoms with Crippen molar-refractivity contribution in [2.75, 3.05) is 53.0 Å². The Kier molecular flexibility index (Phi) is 5.87. The van der Waals surface area contributed by atoms with E-state index in [1.54, 1.807) is 0 Å². The number of aliphatic hydroxyl groups excluding tert-OH is 1. The van der Waals surface area contributed by atoms with Crippen molar-refractivity contribution in [3.63, 3.8) is 0 Å². The average molecular weight is 274 g/mol. The van der Waals surface area contributed by atoms with Crippen molar-refractivity contribution >= 4 is 0 Å². The van der Waals surface area contributed by atoms with Crippen LogP contribution in [0.25, 0.3) is 0 Å². The summed E-state index contributed by atoms with van der Waals surface area (Å²) in [5.74, 6) is 6.36. The van der Waals surface area contributed by atoms with Gasteiger partial charge in [0.2, 0.25) is 0 Å². The van der Waals surface area contributed by atoms with Crippen molar-refractivity contribution in [1.82, 2.24) is 9.80 Å². The third kappa shape index (κ3) is 4.86. The molecule has 108 valence electrons. The highest BCUT2D eigenvalue weighted by Crippen LogP contribution is 2.11. The Morgan fingerprint density at radius 1 is 1.15 bits per heavy atom. The SMILES string of the molecule is CN1CCN(CCOc2ccc(C#CCO)cc2)CC1. The van der Waals surface area contributed by atoms with Gasteiger partial charge in [0.25, 0.3) is 0 Å². The standard InChI is InChI=1S/C16H22N2O2/c1-17-8-10-18(11-9-17)12-14-20-16-6-4-15(5-7-16)3-2-13-19/h4-7,19H,8-14H2,1H3. The van der Waals surface area contributed by atoms with Crippen LogP contribution in [0.2, 0.25) is 0 Å². The molecule has 1 aromatic rings. The molecule has 0 bridgehead atoms. The molecule has 0 spiro atoms. The highest BCUT2D eigenvalue weighted by atomic mass is 16.5. The summed E-state index contributed by atoms with van der Waals surface area (Å²) in [7, 11) is 2.16. The van der Waals surface area contributed by atoms with Gasteiger partial charge in [-0.1, -0.05) is 11.8 Å². The summed E-state index contributed by atoms with van der Waals surface area (Å²) >= 11 is 0. The second-order valence-electron chi connectivity index (χ2n) is 4.98. The van der Waals surface area contributed by atoms with Gasteiger partial charge in [0, 0.05) is 38.3 Å². The third-order valence-electron chi connectivity index (χ3n) is 3.44. The van der Waals surface area contributed by atoms with Crippen LogP contribution in [0.15, 0.2) is 24.3 Å². The van der Waals surface area contributed by atoms with Crippen molar-refractivity contribution in [2.45, 2.75) is 0 Å². The van der Waals surface area contributed by atoms with Gasteiger partial charge in [0.05, 0.1) is 0 Å². The van der Waals surface area contributed by atoms with E-state index < -0.39 is 0 Å². The largest absolute Gasteiger partial charge is 0.492 e. The minimum atomic E-state index is -0.108. The molecule has 0 amide bonds. The van der Waals surface area contributed by atoms with Gasteiger partial charge in [-0.05, 0) is 31.3 Å². The van der Waals surface area contributed by atoms with Gasteiger partial charge in [0.1, 0.15) is 19.0 Å². The lowest BCUT2D eigenvalue weighted by Crippen LogP contribution is -2.45. The molecule has 1 aromatic carbocycles. The lowest BCUT2D eigenvalue weighted by molar-refractivity contribution is 0.134. The quantitative estimate of drug-likeness (QED) is 0.818. The van der Waals surface area contributed by atoms with Gasteiger partial charge >= 0.3 is 0 Å². The molecule has 1 aliphatic heterocycles. The molecule has 1 heterocycles. The Morgan fingerprint density at radius 2 is 1.85 bits per heavy atom. The van der Waals surface area contributed by atoms with E-state index in [4.69, 9.17) is 9.84 Å². The number of benzene rings is 1. The maximum atomic E-state index is 8.63. The number of aliphatic hydroxyl groups is 1. The Bertz CT molecular complexity index is 454. The molecule has 20 heavy (non-hydrogen) atoms.